The Kier molecular flexibility index (Phi) is 7.06. The summed E-state index contributed by atoms with van der Waals surface area (Å²) in [6, 6.07) is 0. The van der Waals surface area contributed by atoms with E-state index in [1.54, 1.807) is 0 Å². The average Bonchev–Trinajstić information content (AvgIpc) is 2.49. The van der Waals surface area contributed by atoms with Crippen molar-refractivity contribution in [2.24, 2.45) is 5.92 Å². The maximum Gasteiger partial charge on any atom is 0.411 e. The smallest absolute Gasteiger partial charge is 0.411 e. The van der Waals surface area contributed by atoms with E-state index in [0.29, 0.717) is 0 Å². The van der Waals surface area contributed by atoms with E-state index in [1.165, 1.54) is 13.8 Å². The van der Waals surface area contributed by atoms with Crippen molar-refractivity contribution < 1.29 is 54.9 Å². The van der Waals surface area contributed by atoms with Gasteiger partial charge in [0.1, 0.15) is 13.2 Å². The first kappa shape index (κ1) is 22.0. The van der Waals surface area contributed by atoms with Gasteiger partial charge in [-0.2, -0.15) is 26.3 Å². The summed E-state index contributed by atoms with van der Waals surface area (Å²) in [7, 11) is 0.270. The van der Waals surface area contributed by atoms with Gasteiger partial charge in [0, 0.05) is 0 Å². The van der Waals surface area contributed by atoms with Crippen molar-refractivity contribution in [1.29, 1.82) is 0 Å². The second kappa shape index (κ2) is 7.71. The molecule has 0 spiro atoms. The molecule has 0 aliphatic heterocycles. The van der Waals surface area contributed by atoms with Crippen LogP contribution in [0.1, 0.15) is 13.8 Å². The fourth-order valence-corrected chi connectivity index (χ4v) is 1.12. The highest BCUT2D eigenvalue weighted by atomic mass is 19.3. The van der Waals surface area contributed by atoms with Crippen molar-refractivity contribution in [2.75, 3.05) is 20.3 Å². The quantitative estimate of drug-likeness (QED) is 0.281. The van der Waals surface area contributed by atoms with E-state index in [2.05, 4.69) is 14.2 Å². The van der Waals surface area contributed by atoms with Crippen LogP contribution in [0.2, 0.25) is 0 Å². The monoisotopic (exact) mass is 368 g/mol. The molecule has 24 heavy (non-hydrogen) atoms. The summed E-state index contributed by atoms with van der Waals surface area (Å²) in [5.74, 6) is -25.8. The zero-order chi connectivity index (χ0) is 19.3. The lowest BCUT2D eigenvalue weighted by atomic mass is 10.0. The third kappa shape index (κ3) is 4.29. The largest absolute Gasteiger partial charge is 0.464 e. The summed E-state index contributed by atoms with van der Waals surface area (Å²) >= 11 is 0. The van der Waals surface area contributed by atoms with Gasteiger partial charge in [0.15, 0.2) is 0 Å². The molecule has 0 fully saturated rings. The van der Waals surface area contributed by atoms with Crippen LogP contribution in [0, 0.1) is 5.92 Å². The van der Waals surface area contributed by atoms with Gasteiger partial charge in [-0.3, -0.25) is 4.79 Å². The minimum absolute atomic E-state index is 0.270. The van der Waals surface area contributed by atoms with Crippen LogP contribution in [0.15, 0.2) is 0 Å². The molecule has 0 aromatic carbocycles. The molecule has 0 saturated carbocycles. The number of hydrogen-bond donors (Lipinski definition) is 0. The Hall–Kier alpha value is -2.01. The van der Waals surface area contributed by atoms with Gasteiger partial charge in [-0.1, -0.05) is 13.8 Å². The number of rotatable bonds is 8. The Morgan fingerprint density at radius 3 is 1.67 bits per heavy atom. The van der Waals surface area contributed by atoms with Crippen LogP contribution in [0.25, 0.3) is 0 Å². The summed E-state index contributed by atoms with van der Waals surface area (Å²) in [5, 5.41) is 0. The van der Waals surface area contributed by atoms with Crippen LogP contribution < -0.4 is 0 Å². The normalized spacial score (nSPS) is 12.8. The van der Waals surface area contributed by atoms with Crippen LogP contribution in [0.5, 0.6) is 0 Å². The molecular formula is C12H14F6O6. The highest BCUT2D eigenvalue weighted by Crippen LogP contribution is 2.46. The van der Waals surface area contributed by atoms with Gasteiger partial charge in [-0.15, -0.1) is 0 Å². The van der Waals surface area contributed by atoms with E-state index in [0.717, 1.165) is 0 Å². The zero-order valence-corrected chi connectivity index (χ0v) is 12.7. The average molecular weight is 368 g/mol. The Morgan fingerprint density at radius 2 is 1.25 bits per heavy atom. The highest BCUT2D eigenvalue weighted by Gasteiger charge is 2.79. The van der Waals surface area contributed by atoms with Gasteiger partial charge in [0.2, 0.25) is 0 Å². The van der Waals surface area contributed by atoms with Gasteiger partial charge in [-0.25, -0.2) is 9.59 Å². The predicted molar refractivity (Wildman–Crippen MR) is 63.6 cm³/mol. The number of carbonyl (C=O) groups excluding carboxylic acids is 3. The van der Waals surface area contributed by atoms with Crippen LogP contribution in [0.3, 0.4) is 0 Å². The Labute approximate surface area is 132 Å². The number of hydrogen-bond acceptors (Lipinski definition) is 6. The van der Waals surface area contributed by atoms with Gasteiger partial charge < -0.3 is 14.2 Å². The van der Waals surface area contributed by atoms with Crippen molar-refractivity contribution in [3.05, 3.63) is 0 Å². The van der Waals surface area contributed by atoms with E-state index in [9.17, 15) is 40.7 Å². The molecule has 0 radical (unpaired) electrons. The first-order valence-corrected chi connectivity index (χ1v) is 6.29. The maximum atomic E-state index is 13.3. The zero-order valence-electron chi connectivity index (χ0n) is 12.7. The van der Waals surface area contributed by atoms with Crippen molar-refractivity contribution >= 4 is 17.9 Å². The SMILES string of the molecule is COC(=O)C(F)(F)C(F)(F)C(F)(F)C(=O)OCCOC(=O)C(C)C. The molecule has 0 aliphatic carbocycles. The minimum atomic E-state index is -6.40. The number of ether oxygens (including phenoxy) is 3. The molecule has 0 aromatic heterocycles. The molecular weight excluding hydrogens is 354 g/mol. The summed E-state index contributed by atoms with van der Waals surface area (Å²) in [6.07, 6.45) is 0. The molecule has 0 unspecified atom stereocenters. The molecule has 0 N–H and O–H groups in total. The van der Waals surface area contributed by atoms with Gasteiger partial charge in [0.25, 0.3) is 0 Å². The Balaban J connectivity index is 4.94. The lowest BCUT2D eigenvalue weighted by Gasteiger charge is -2.29. The molecule has 0 aliphatic rings. The molecule has 140 valence electrons. The second-order valence-corrected chi connectivity index (χ2v) is 4.67. The van der Waals surface area contributed by atoms with Crippen molar-refractivity contribution in [3.63, 3.8) is 0 Å². The lowest BCUT2D eigenvalue weighted by Crippen LogP contribution is -2.61. The van der Waals surface area contributed by atoms with Gasteiger partial charge >= 0.3 is 35.7 Å². The molecule has 0 atom stereocenters. The highest BCUT2D eigenvalue weighted by molar-refractivity contribution is 5.84. The van der Waals surface area contributed by atoms with Crippen molar-refractivity contribution in [2.45, 2.75) is 31.6 Å². The van der Waals surface area contributed by atoms with Crippen molar-refractivity contribution in [1.82, 2.24) is 0 Å². The third-order valence-electron chi connectivity index (χ3n) is 2.52. The van der Waals surface area contributed by atoms with Crippen LogP contribution in [-0.2, 0) is 28.6 Å². The molecule has 0 saturated heterocycles. The van der Waals surface area contributed by atoms with Crippen molar-refractivity contribution in [3.8, 4) is 0 Å². The maximum absolute atomic E-state index is 13.3. The van der Waals surface area contributed by atoms with E-state index in [4.69, 9.17) is 0 Å². The number of methoxy groups -OCH3 is 1. The number of carbonyl (C=O) groups is 3. The molecule has 12 heteroatoms. The Morgan fingerprint density at radius 1 is 0.833 bits per heavy atom. The molecule has 0 aromatic rings. The molecule has 0 heterocycles. The number of esters is 3. The van der Waals surface area contributed by atoms with Gasteiger partial charge in [-0.05, 0) is 0 Å². The van der Waals surface area contributed by atoms with E-state index in [1.807, 2.05) is 0 Å². The number of alkyl halides is 6. The molecule has 0 bridgehead atoms. The van der Waals surface area contributed by atoms with E-state index >= 15 is 0 Å². The summed E-state index contributed by atoms with van der Waals surface area (Å²) in [4.78, 5) is 32.5. The molecule has 0 rings (SSSR count). The van der Waals surface area contributed by atoms with E-state index in [-0.39, 0.29) is 7.11 Å². The fraction of sp³-hybridized carbons (Fsp3) is 0.750. The Bertz CT molecular complexity index is 490. The molecule has 6 nitrogen and oxygen atoms in total. The minimum Gasteiger partial charge on any atom is -0.464 e. The fourth-order valence-electron chi connectivity index (χ4n) is 1.12. The van der Waals surface area contributed by atoms with E-state index < -0.39 is 54.8 Å². The first-order valence-electron chi connectivity index (χ1n) is 6.29. The third-order valence-corrected chi connectivity index (χ3v) is 2.52. The topological polar surface area (TPSA) is 78.9 Å². The van der Waals surface area contributed by atoms with Crippen LogP contribution in [-0.4, -0.2) is 56.0 Å². The second-order valence-electron chi connectivity index (χ2n) is 4.67. The first-order chi connectivity index (χ1) is 10.7. The summed E-state index contributed by atoms with van der Waals surface area (Å²) in [5.41, 5.74) is 0. The van der Waals surface area contributed by atoms with Gasteiger partial charge in [0.05, 0.1) is 13.0 Å². The lowest BCUT2D eigenvalue weighted by molar-refractivity contribution is -0.300. The standard InChI is InChI=1S/C12H14F6O6/c1-6(2)7(19)23-4-5-24-9(21)11(15,16)12(17,18)10(13,14)8(20)22-3/h6H,4-5H2,1-3H3. The number of halogens is 6. The van der Waals surface area contributed by atoms with Crippen LogP contribution >= 0.6 is 0 Å². The predicted octanol–water partition coefficient (Wildman–Crippen LogP) is 1.81. The summed E-state index contributed by atoms with van der Waals surface area (Å²) < 4.78 is 90.5. The molecule has 0 amide bonds. The summed E-state index contributed by atoms with van der Waals surface area (Å²) in [6.45, 7) is 1.03. The van der Waals surface area contributed by atoms with Crippen LogP contribution in [0.4, 0.5) is 26.3 Å².